The first-order valence-corrected chi connectivity index (χ1v) is 9.10. The molecule has 0 saturated heterocycles. The van der Waals surface area contributed by atoms with E-state index < -0.39 is 30.0 Å². The Labute approximate surface area is 164 Å². The van der Waals surface area contributed by atoms with Gasteiger partial charge >= 0.3 is 6.09 Å². The molecule has 4 N–H and O–H groups in total. The molecule has 0 unspecified atom stereocenters. The molecule has 7 heteroatoms. The van der Waals surface area contributed by atoms with E-state index in [0.717, 1.165) is 11.1 Å². The Kier molecular flexibility index (Phi) is 8.02. The summed E-state index contributed by atoms with van der Waals surface area (Å²) in [6.07, 6.45) is -0.105. The molecule has 148 valence electrons. The van der Waals surface area contributed by atoms with Crippen molar-refractivity contribution in [3.63, 3.8) is 0 Å². The van der Waals surface area contributed by atoms with E-state index in [1.54, 1.807) is 6.92 Å². The number of nitrogens with one attached hydrogen (secondary N) is 2. The molecular formula is C21H25N3O4. The van der Waals surface area contributed by atoms with Crippen molar-refractivity contribution in [2.75, 3.05) is 0 Å². The summed E-state index contributed by atoms with van der Waals surface area (Å²) in [5, 5.41) is 5.16. The SMILES string of the molecule is CC[C@@H](NC(=O)[C@H](Cc1ccccc1)NC(=O)OCc1ccccc1)C(N)=O. The molecule has 0 saturated carbocycles. The maximum atomic E-state index is 12.6. The van der Waals surface area contributed by atoms with Crippen LogP contribution in [0.4, 0.5) is 4.79 Å². The van der Waals surface area contributed by atoms with Gasteiger partial charge in [0.05, 0.1) is 0 Å². The zero-order valence-corrected chi connectivity index (χ0v) is 15.8. The van der Waals surface area contributed by atoms with Gasteiger partial charge in [-0.15, -0.1) is 0 Å². The fraction of sp³-hybridized carbons (Fsp3) is 0.286. The summed E-state index contributed by atoms with van der Waals surface area (Å²) in [6, 6.07) is 16.8. The standard InChI is InChI=1S/C21H25N3O4/c1-2-17(19(22)25)23-20(26)18(13-15-9-5-3-6-10-15)24-21(27)28-14-16-11-7-4-8-12-16/h3-12,17-18H,2,13-14H2,1H3,(H2,22,25)(H,23,26)(H,24,27)/t17-,18+/m1/s1. The Morgan fingerprint density at radius 3 is 2.00 bits per heavy atom. The molecule has 28 heavy (non-hydrogen) atoms. The first kappa shape index (κ1) is 21.0. The zero-order chi connectivity index (χ0) is 20.4. The van der Waals surface area contributed by atoms with Gasteiger partial charge in [0.15, 0.2) is 0 Å². The molecule has 0 heterocycles. The monoisotopic (exact) mass is 383 g/mol. The van der Waals surface area contributed by atoms with Crippen LogP contribution in [-0.2, 0) is 27.4 Å². The number of alkyl carbamates (subject to hydrolysis) is 1. The zero-order valence-electron chi connectivity index (χ0n) is 15.8. The van der Waals surface area contributed by atoms with E-state index in [2.05, 4.69) is 10.6 Å². The summed E-state index contributed by atoms with van der Waals surface area (Å²) in [5.74, 6) is -1.12. The van der Waals surface area contributed by atoms with E-state index >= 15 is 0 Å². The van der Waals surface area contributed by atoms with Gasteiger partial charge in [-0.05, 0) is 17.5 Å². The van der Waals surface area contributed by atoms with Gasteiger partial charge in [-0.1, -0.05) is 67.6 Å². The van der Waals surface area contributed by atoms with Gasteiger partial charge in [0.1, 0.15) is 18.7 Å². The quantitative estimate of drug-likeness (QED) is 0.614. The summed E-state index contributed by atoms with van der Waals surface area (Å²) in [5.41, 5.74) is 6.99. The number of hydrogen-bond acceptors (Lipinski definition) is 4. The Bertz CT molecular complexity index is 781. The molecule has 2 rings (SSSR count). The number of carbonyl (C=O) groups is 3. The summed E-state index contributed by atoms with van der Waals surface area (Å²) in [6.45, 7) is 1.83. The Morgan fingerprint density at radius 2 is 1.46 bits per heavy atom. The lowest BCUT2D eigenvalue weighted by atomic mass is 10.0. The molecule has 0 aliphatic carbocycles. The van der Waals surface area contributed by atoms with Crippen LogP contribution in [0.5, 0.6) is 0 Å². The average Bonchev–Trinajstić information content (AvgIpc) is 2.71. The van der Waals surface area contributed by atoms with Crippen molar-refractivity contribution < 1.29 is 19.1 Å². The molecule has 3 amide bonds. The fourth-order valence-electron chi connectivity index (χ4n) is 2.61. The van der Waals surface area contributed by atoms with Gasteiger partial charge < -0.3 is 21.1 Å². The first-order valence-electron chi connectivity index (χ1n) is 9.10. The number of ether oxygens (including phenoxy) is 1. The van der Waals surface area contributed by atoms with Crippen LogP contribution < -0.4 is 16.4 Å². The Hall–Kier alpha value is -3.35. The van der Waals surface area contributed by atoms with Crippen molar-refractivity contribution in [1.29, 1.82) is 0 Å². The van der Waals surface area contributed by atoms with E-state index in [0.29, 0.717) is 6.42 Å². The topological polar surface area (TPSA) is 111 Å². The molecule has 7 nitrogen and oxygen atoms in total. The maximum absolute atomic E-state index is 12.6. The third-order valence-corrected chi connectivity index (χ3v) is 4.17. The molecule has 0 fully saturated rings. The van der Waals surface area contributed by atoms with Crippen LogP contribution in [-0.4, -0.2) is 30.0 Å². The van der Waals surface area contributed by atoms with Gasteiger partial charge in [0.25, 0.3) is 0 Å². The minimum absolute atomic E-state index is 0.0885. The lowest BCUT2D eigenvalue weighted by Crippen LogP contribution is -2.53. The summed E-state index contributed by atoms with van der Waals surface area (Å²) in [4.78, 5) is 36.3. The van der Waals surface area contributed by atoms with Crippen molar-refractivity contribution in [1.82, 2.24) is 10.6 Å². The smallest absolute Gasteiger partial charge is 0.408 e. The minimum atomic E-state index is -0.904. The van der Waals surface area contributed by atoms with Gasteiger partial charge in [-0.2, -0.15) is 0 Å². The minimum Gasteiger partial charge on any atom is -0.445 e. The van der Waals surface area contributed by atoms with Gasteiger partial charge in [0.2, 0.25) is 11.8 Å². The van der Waals surface area contributed by atoms with E-state index in [-0.39, 0.29) is 13.0 Å². The molecule has 0 aromatic heterocycles. The van der Waals surface area contributed by atoms with E-state index in [1.807, 2.05) is 60.7 Å². The molecule has 0 spiro atoms. The van der Waals surface area contributed by atoms with Crippen molar-refractivity contribution in [3.8, 4) is 0 Å². The number of amides is 3. The van der Waals surface area contributed by atoms with Crippen LogP contribution in [0.2, 0.25) is 0 Å². The van der Waals surface area contributed by atoms with Crippen LogP contribution in [0.25, 0.3) is 0 Å². The third kappa shape index (κ3) is 6.75. The van der Waals surface area contributed by atoms with Gasteiger partial charge in [0, 0.05) is 6.42 Å². The molecule has 2 aromatic rings. The number of hydrogen-bond donors (Lipinski definition) is 3. The van der Waals surface area contributed by atoms with Crippen LogP contribution in [0.15, 0.2) is 60.7 Å². The van der Waals surface area contributed by atoms with E-state index in [4.69, 9.17) is 10.5 Å². The summed E-state index contributed by atoms with van der Waals surface area (Å²) in [7, 11) is 0. The molecule has 2 aromatic carbocycles. The van der Waals surface area contributed by atoms with Crippen molar-refractivity contribution in [2.24, 2.45) is 5.73 Å². The number of benzene rings is 2. The van der Waals surface area contributed by atoms with Crippen LogP contribution in [0, 0.1) is 0 Å². The van der Waals surface area contributed by atoms with Crippen LogP contribution >= 0.6 is 0 Å². The number of nitrogens with two attached hydrogens (primary N) is 1. The molecule has 2 atom stereocenters. The predicted molar refractivity (Wildman–Crippen MR) is 105 cm³/mol. The normalized spacial score (nSPS) is 12.5. The third-order valence-electron chi connectivity index (χ3n) is 4.17. The van der Waals surface area contributed by atoms with Gasteiger partial charge in [-0.25, -0.2) is 4.79 Å². The lowest BCUT2D eigenvalue weighted by Gasteiger charge is -2.21. The number of rotatable bonds is 9. The maximum Gasteiger partial charge on any atom is 0.408 e. The van der Waals surface area contributed by atoms with E-state index in [9.17, 15) is 14.4 Å². The highest BCUT2D eigenvalue weighted by Gasteiger charge is 2.25. The number of carbonyl (C=O) groups excluding carboxylic acids is 3. The highest BCUT2D eigenvalue weighted by Crippen LogP contribution is 2.06. The largest absolute Gasteiger partial charge is 0.445 e. The second-order valence-corrected chi connectivity index (χ2v) is 6.32. The second kappa shape index (κ2) is 10.7. The van der Waals surface area contributed by atoms with Crippen molar-refractivity contribution in [2.45, 2.75) is 38.5 Å². The molecule has 0 aliphatic rings. The average molecular weight is 383 g/mol. The lowest BCUT2D eigenvalue weighted by molar-refractivity contribution is -0.128. The van der Waals surface area contributed by atoms with E-state index in [1.165, 1.54) is 0 Å². The van der Waals surface area contributed by atoms with Crippen molar-refractivity contribution >= 4 is 17.9 Å². The summed E-state index contributed by atoms with van der Waals surface area (Å²) >= 11 is 0. The first-order chi connectivity index (χ1) is 13.5. The predicted octanol–water partition coefficient (Wildman–Crippen LogP) is 1.90. The Balaban J connectivity index is 2.03. The molecule has 0 aliphatic heterocycles. The second-order valence-electron chi connectivity index (χ2n) is 6.32. The Morgan fingerprint density at radius 1 is 0.893 bits per heavy atom. The molecule has 0 radical (unpaired) electrons. The van der Waals surface area contributed by atoms with Crippen LogP contribution in [0.1, 0.15) is 24.5 Å². The highest BCUT2D eigenvalue weighted by atomic mass is 16.5. The summed E-state index contributed by atoms with van der Waals surface area (Å²) < 4.78 is 5.20. The highest BCUT2D eigenvalue weighted by molar-refractivity contribution is 5.90. The number of primary amides is 1. The molecule has 0 bridgehead atoms. The van der Waals surface area contributed by atoms with Gasteiger partial charge in [-0.3, -0.25) is 9.59 Å². The van der Waals surface area contributed by atoms with Crippen LogP contribution in [0.3, 0.4) is 0 Å². The van der Waals surface area contributed by atoms with Crippen molar-refractivity contribution in [3.05, 3.63) is 71.8 Å². The fourth-order valence-corrected chi connectivity index (χ4v) is 2.61. The molecular weight excluding hydrogens is 358 g/mol.